The van der Waals surface area contributed by atoms with Crippen LogP contribution in [0.1, 0.15) is 28.9 Å². The van der Waals surface area contributed by atoms with Crippen LogP contribution in [0.25, 0.3) is 11.4 Å². The number of carbonyl (C=O) groups is 1. The van der Waals surface area contributed by atoms with Crippen molar-refractivity contribution >= 4 is 5.91 Å². The van der Waals surface area contributed by atoms with Gasteiger partial charge in [0.05, 0.1) is 32.4 Å². The number of carbonyl (C=O) groups excluding carboxylic acids is 1. The maximum Gasteiger partial charge on any atom is 0.289 e. The molecule has 140 valence electrons. The second-order valence-corrected chi connectivity index (χ2v) is 6.76. The van der Waals surface area contributed by atoms with Crippen molar-refractivity contribution in [1.29, 1.82) is 0 Å². The van der Waals surface area contributed by atoms with E-state index in [1.54, 1.807) is 12.1 Å². The summed E-state index contributed by atoms with van der Waals surface area (Å²) in [5.41, 5.74) is 2.25. The van der Waals surface area contributed by atoms with Crippen LogP contribution in [0.3, 0.4) is 0 Å². The van der Waals surface area contributed by atoms with Crippen molar-refractivity contribution in [3.05, 3.63) is 59.9 Å². The number of hydrogen-bond acceptors (Lipinski definition) is 5. The van der Waals surface area contributed by atoms with Gasteiger partial charge in [-0.05, 0) is 24.1 Å². The number of nitrogens with zero attached hydrogens (tertiary/aromatic N) is 3. The molecule has 7 nitrogen and oxygen atoms in total. The van der Waals surface area contributed by atoms with Crippen molar-refractivity contribution in [2.24, 2.45) is 0 Å². The molecule has 27 heavy (non-hydrogen) atoms. The molecule has 0 atom stereocenters. The highest BCUT2D eigenvalue weighted by Crippen LogP contribution is 2.16. The fraction of sp³-hybridized carbons (Fsp3) is 0.350. The summed E-state index contributed by atoms with van der Waals surface area (Å²) in [6, 6.07) is 11.7. The standard InChI is InChI=1S/C20H22N4O3/c1-2-15-5-7-16(8-6-15)19-21-18(27-22-19)14-23-9-11-24(12-10-23)20(25)17-4-3-13-26-17/h3-8,13H,2,9-12,14H2,1H3/p+1. The van der Waals surface area contributed by atoms with Gasteiger partial charge in [0.1, 0.15) is 0 Å². The number of amides is 1. The van der Waals surface area contributed by atoms with Crippen molar-refractivity contribution in [1.82, 2.24) is 15.0 Å². The maximum absolute atomic E-state index is 12.3. The highest BCUT2D eigenvalue weighted by Gasteiger charge is 2.27. The van der Waals surface area contributed by atoms with Crippen LogP contribution in [0, 0.1) is 0 Å². The molecule has 0 aliphatic carbocycles. The van der Waals surface area contributed by atoms with Crippen LogP contribution in [0.4, 0.5) is 0 Å². The number of aryl methyl sites for hydroxylation is 1. The topological polar surface area (TPSA) is 76.8 Å². The van der Waals surface area contributed by atoms with E-state index in [1.165, 1.54) is 16.7 Å². The molecule has 3 aromatic rings. The van der Waals surface area contributed by atoms with Crippen molar-refractivity contribution < 1.29 is 18.6 Å². The largest absolute Gasteiger partial charge is 0.459 e. The minimum Gasteiger partial charge on any atom is -0.459 e. The molecular formula is C20H23N4O3+. The first-order valence-corrected chi connectivity index (χ1v) is 9.31. The van der Waals surface area contributed by atoms with Crippen molar-refractivity contribution in [2.45, 2.75) is 19.9 Å². The molecule has 0 saturated carbocycles. The average molecular weight is 367 g/mol. The molecule has 1 aliphatic heterocycles. The third kappa shape index (κ3) is 3.93. The SMILES string of the molecule is CCc1ccc(-c2noc(C[NH+]3CCN(C(=O)c4ccco4)CC3)n2)cc1. The Kier molecular flexibility index (Phi) is 5.02. The molecule has 1 fully saturated rings. The fourth-order valence-corrected chi connectivity index (χ4v) is 3.31. The third-order valence-corrected chi connectivity index (χ3v) is 4.98. The Hall–Kier alpha value is -2.93. The molecule has 4 rings (SSSR count). The van der Waals surface area contributed by atoms with Crippen LogP contribution in [-0.4, -0.2) is 47.1 Å². The van der Waals surface area contributed by atoms with Gasteiger partial charge < -0.3 is 18.7 Å². The minimum absolute atomic E-state index is 0.0466. The molecule has 2 aromatic heterocycles. The predicted molar refractivity (Wildman–Crippen MR) is 98.1 cm³/mol. The van der Waals surface area contributed by atoms with Crippen LogP contribution >= 0.6 is 0 Å². The van der Waals surface area contributed by atoms with E-state index in [0.717, 1.165) is 25.1 Å². The first-order valence-electron chi connectivity index (χ1n) is 9.31. The van der Waals surface area contributed by atoms with Gasteiger partial charge in [0, 0.05) is 5.56 Å². The number of rotatable bonds is 5. The Balaban J connectivity index is 1.33. The quantitative estimate of drug-likeness (QED) is 0.738. The first kappa shape index (κ1) is 17.5. The summed E-state index contributed by atoms with van der Waals surface area (Å²) in [5, 5.41) is 4.11. The molecule has 0 bridgehead atoms. The van der Waals surface area contributed by atoms with Crippen LogP contribution in [0.5, 0.6) is 0 Å². The third-order valence-electron chi connectivity index (χ3n) is 4.98. The van der Waals surface area contributed by atoms with E-state index in [2.05, 4.69) is 29.2 Å². The van der Waals surface area contributed by atoms with E-state index in [4.69, 9.17) is 8.94 Å². The molecule has 0 spiro atoms. The molecule has 0 unspecified atom stereocenters. The van der Waals surface area contributed by atoms with Crippen LogP contribution in [0.15, 0.2) is 51.6 Å². The smallest absolute Gasteiger partial charge is 0.289 e. The number of quaternary nitrogens is 1. The lowest BCUT2D eigenvalue weighted by molar-refractivity contribution is -0.918. The summed E-state index contributed by atoms with van der Waals surface area (Å²) < 4.78 is 10.6. The van der Waals surface area contributed by atoms with Gasteiger partial charge in [-0.3, -0.25) is 4.79 Å². The summed E-state index contributed by atoms with van der Waals surface area (Å²) in [6.07, 6.45) is 2.53. The molecule has 0 radical (unpaired) electrons. The predicted octanol–water partition coefficient (Wildman–Crippen LogP) is 1.43. The Morgan fingerprint density at radius 1 is 1.19 bits per heavy atom. The Labute approximate surface area is 157 Å². The summed E-state index contributed by atoms with van der Waals surface area (Å²) in [5.74, 6) is 1.60. The number of benzene rings is 1. The van der Waals surface area contributed by atoms with E-state index >= 15 is 0 Å². The molecule has 3 heterocycles. The molecule has 1 amide bonds. The number of nitrogens with one attached hydrogen (secondary N) is 1. The van der Waals surface area contributed by atoms with E-state index in [-0.39, 0.29) is 5.91 Å². The van der Waals surface area contributed by atoms with Gasteiger partial charge >= 0.3 is 0 Å². The average Bonchev–Trinajstić information content (AvgIpc) is 3.40. The lowest BCUT2D eigenvalue weighted by Gasteiger charge is -2.30. The monoisotopic (exact) mass is 367 g/mol. The number of aromatic nitrogens is 2. The first-order chi connectivity index (χ1) is 13.2. The molecule has 1 aromatic carbocycles. The van der Waals surface area contributed by atoms with Gasteiger partial charge in [0.2, 0.25) is 5.82 Å². The van der Waals surface area contributed by atoms with E-state index < -0.39 is 0 Å². The van der Waals surface area contributed by atoms with Crippen LogP contribution in [-0.2, 0) is 13.0 Å². The van der Waals surface area contributed by atoms with Gasteiger partial charge in [-0.2, -0.15) is 4.98 Å². The number of piperazine rings is 1. The Morgan fingerprint density at radius 2 is 1.96 bits per heavy atom. The fourth-order valence-electron chi connectivity index (χ4n) is 3.31. The van der Waals surface area contributed by atoms with Gasteiger partial charge in [-0.15, -0.1) is 0 Å². The molecule has 1 saturated heterocycles. The number of hydrogen-bond donors (Lipinski definition) is 1. The zero-order valence-corrected chi connectivity index (χ0v) is 15.4. The van der Waals surface area contributed by atoms with Gasteiger partial charge in [-0.1, -0.05) is 36.3 Å². The molecule has 1 aliphatic rings. The molecular weight excluding hydrogens is 344 g/mol. The Bertz CT molecular complexity index is 878. The van der Waals surface area contributed by atoms with Crippen molar-refractivity contribution in [2.75, 3.05) is 26.2 Å². The zero-order valence-electron chi connectivity index (χ0n) is 15.4. The van der Waals surface area contributed by atoms with Gasteiger partial charge in [0.15, 0.2) is 12.3 Å². The van der Waals surface area contributed by atoms with Crippen molar-refractivity contribution in [3.63, 3.8) is 0 Å². The summed E-state index contributed by atoms with van der Waals surface area (Å²) in [6.45, 7) is 5.86. The van der Waals surface area contributed by atoms with E-state index in [9.17, 15) is 4.79 Å². The van der Waals surface area contributed by atoms with Crippen LogP contribution in [0.2, 0.25) is 0 Å². The van der Waals surface area contributed by atoms with Crippen LogP contribution < -0.4 is 4.90 Å². The summed E-state index contributed by atoms with van der Waals surface area (Å²) in [7, 11) is 0. The Morgan fingerprint density at radius 3 is 2.63 bits per heavy atom. The van der Waals surface area contributed by atoms with Gasteiger partial charge in [0.25, 0.3) is 11.8 Å². The maximum atomic E-state index is 12.3. The normalized spacial score (nSPS) is 15.2. The second-order valence-electron chi connectivity index (χ2n) is 6.76. The highest BCUT2D eigenvalue weighted by molar-refractivity contribution is 5.91. The zero-order chi connectivity index (χ0) is 18.6. The van der Waals surface area contributed by atoms with Crippen molar-refractivity contribution in [3.8, 4) is 11.4 Å². The minimum atomic E-state index is -0.0466. The van der Waals surface area contributed by atoms with E-state index in [0.29, 0.717) is 37.1 Å². The van der Waals surface area contributed by atoms with E-state index in [1.807, 2.05) is 17.0 Å². The summed E-state index contributed by atoms with van der Waals surface area (Å²) in [4.78, 5) is 20.0. The number of furan rings is 1. The lowest BCUT2D eigenvalue weighted by Crippen LogP contribution is -3.13. The second kappa shape index (κ2) is 7.75. The molecule has 1 N–H and O–H groups in total. The highest BCUT2D eigenvalue weighted by atomic mass is 16.5. The summed E-state index contributed by atoms with van der Waals surface area (Å²) >= 11 is 0. The lowest BCUT2D eigenvalue weighted by atomic mass is 10.1. The van der Waals surface area contributed by atoms with Gasteiger partial charge in [-0.25, -0.2) is 0 Å². The molecule has 7 heteroatoms.